The first-order valence-electron chi connectivity index (χ1n) is 3.28. The number of anilines is 2. The fourth-order valence-corrected chi connectivity index (χ4v) is 0.924. The van der Waals surface area contributed by atoms with Crippen LogP contribution in [0.1, 0.15) is 5.56 Å². The minimum Gasteiger partial charge on any atom is -0.398 e. The molecular formula is C8H12N2. The van der Waals surface area contributed by atoms with Crippen LogP contribution >= 0.6 is 0 Å². The Hall–Kier alpha value is -1.18. The van der Waals surface area contributed by atoms with E-state index in [0.717, 1.165) is 16.9 Å². The second-order valence-electron chi connectivity index (χ2n) is 2.27. The number of hydrogen-bond acceptors (Lipinski definition) is 2. The van der Waals surface area contributed by atoms with Gasteiger partial charge in [-0.15, -0.1) is 0 Å². The molecule has 0 heterocycles. The van der Waals surface area contributed by atoms with E-state index in [9.17, 15) is 0 Å². The van der Waals surface area contributed by atoms with E-state index in [2.05, 4.69) is 5.32 Å². The minimum absolute atomic E-state index is 0.840. The van der Waals surface area contributed by atoms with Gasteiger partial charge in [-0.2, -0.15) is 0 Å². The van der Waals surface area contributed by atoms with Crippen molar-refractivity contribution in [2.75, 3.05) is 18.1 Å². The predicted octanol–water partition coefficient (Wildman–Crippen LogP) is 1.62. The van der Waals surface area contributed by atoms with Gasteiger partial charge in [-0.1, -0.05) is 6.07 Å². The van der Waals surface area contributed by atoms with Crippen LogP contribution in [0.25, 0.3) is 0 Å². The van der Waals surface area contributed by atoms with E-state index in [1.165, 1.54) is 0 Å². The third-order valence-electron chi connectivity index (χ3n) is 1.65. The third-order valence-corrected chi connectivity index (χ3v) is 1.65. The van der Waals surface area contributed by atoms with Crippen LogP contribution in [0.3, 0.4) is 0 Å². The van der Waals surface area contributed by atoms with Crippen LogP contribution in [0.2, 0.25) is 0 Å². The average Bonchev–Trinajstić information content (AvgIpc) is 1.95. The van der Waals surface area contributed by atoms with Crippen LogP contribution < -0.4 is 11.1 Å². The van der Waals surface area contributed by atoms with Crippen molar-refractivity contribution in [3.8, 4) is 0 Å². The topological polar surface area (TPSA) is 38.0 Å². The van der Waals surface area contributed by atoms with Gasteiger partial charge in [0.05, 0.1) is 0 Å². The first kappa shape index (κ1) is 6.93. The molecule has 54 valence electrons. The summed E-state index contributed by atoms with van der Waals surface area (Å²) in [5.74, 6) is 0. The van der Waals surface area contributed by atoms with Gasteiger partial charge in [0, 0.05) is 18.4 Å². The first-order chi connectivity index (χ1) is 4.75. The molecule has 0 saturated heterocycles. The largest absolute Gasteiger partial charge is 0.398 e. The SMILES string of the molecule is CNc1cccc(N)c1C. The maximum atomic E-state index is 5.66. The standard InChI is InChI=1S/C8H12N2/c1-6-7(9)4-3-5-8(6)10-2/h3-5,10H,9H2,1-2H3. The number of nitrogens with one attached hydrogen (secondary N) is 1. The smallest absolute Gasteiger partial charge is 0.0387 e. The Morgan fingerprint density at radius 3 is 2.60 bits per heavy atom. The summed E-state index contributed by atoms with van der Waals surface area (Å²) in [5.41, 5.74) is 8.71. The summed E-state index contributed by atoms with van der Waals surface area (Å²) in [4.78, 5) is 0. The maximum Gasteiger partial charge on any atom is 0.0387 e. The van der Waals surface area contributed by atoms with Crippen LogP contribution in [-0.4, -0.2) is 7.05 Å². The van der Waals surface area contributed by atoms with E-state index < -0.39 is 0 Å². The van der Waals surface area contributed by atoms with E-state index in [4.69, 9.17) is 5.73 Å². The van der Waals surface area contributed by atoms with Crippen LogP contribution in [0, 0.1) is 6.92 Å². The Balaban J connectivity index is 3.14. The van der Waals surface area contributed by atoms with Crippen molar-refractivity contribution in [1.82, 2.24) is 0 Å². The molecule has 2 nitrogen and oxygen atoms in total. The minimum atomic E-state index is 0.840. The molecule has 0 aliphatic carbocycles. The molecule has 1 aromatic carbocycles. The quantitative estimate of drug-likeness (QED) is 0.576. The van der Waals surface area contributed by atoms with Crippen molar-refractivity contribution in [3.63, 3.8) is 0 Å². The fourth-order valence-electron chi connectivity index (χ4n) is 0.924. The molecule has 0 bridgehead atoms. The maximum absolute atomic E-state index is 5.66. The summed E-state index contributed by atoms with van der Waals surface area (Å²) in [6.45, 7) is 2.00. The Bertz CT molecular complexity index is 231. The second-order valence-corrected chi connectivity index (χ2v) is 2.27. The van der Waals surface area contributed by atoms with Crippen LogP contribution in [-0.2, 0) is 0 Å². The summed E-state index contributed by atoms with van der Waals surface area (Å²) in [7, 11) is 1.89. The lowest BCUT2D eigenvalue weighted by molar-refractivity contribution is 1.41. The van der Waals surface area contributed by atoms with Crippen molar-refractivity contribution in [2.24, 2.45) is 0 Å². The number of nitrogens with two attached hydrogens (primary N) is 1. The molecule has 2 heteroatoms. The number of nitrogen functional groups attached to an aromatic ring is 1. The molecule has 1 aromatic rings. The average molecular weight is 136 g/mol. The predicted molar refractivity (Wildman–Crippen MR) is 45.1 cm³/mol. The number of rotatable bonds is 1. The Labute approximate surface area is 61.1 Å². The molecule has 0 amide bonds. The van der Waals surface area contributed by atoms with E-state index in [0.29, 0.717) is 0 Å². The molecular weight excluding hydrogens is 124 g/mol. The molecule has 0 saturated carbocycles. The molecule has 0 unspecified atom stereocenters. The van der Waals surface area contributed by atoms with Gasteiger partial charge in [0.2, 0.25) is 0 Å². The number of benzene rings is 1. The molecule has 0 aromatic heterocycles. The number of hydrogen-bond donors (Lipinski definition) is 2. The Morgan fingerprint density at radius 1 is 1.40 bits per heavy atom. The normalized spacial score (nSPS) is 9.40. The van der Waals surface area contributed by atoms with Crippen molar-refractivity contribution in [1.29, 1.82) is 0 Å². The zero-order valence-corrected chi connectivity index (χ0v) is 6.31. The summed E-state index contributed by atoms with van der Waals surface area (Å²) in [6, 6.07) is 5.84. The monoisotopic (exact) mass is 136 g/mol. The van der Waals surface area contributed by atoms with Gasteiger partial charge < -0.3 is 11.1 Å². The highest BCUT2D eigenvalue weighted by Gasteiger charge is 1.96. The van der Waals surface area contributed by atoms with Crippen molar-refractivity contribution in [3.05, 3.63) is 23.8 Å². The third kappa shape index (κ3) is 1.05. The molecule has 0 aliphatic rings. The summed E-state index contributed by atoms with van der Waals surface area (Å²) in [5, 5.41) is 3.06. The highest BCUT2D eigenvalue weighted by atomic mass is 14.8. The first-order valence-corrected chi connectivity index (χ1v) is 3.28. The van der Waals surface area contributed by atoms with Gasteiger partial charge in [0.1, 0.15) is 0 Å². The second kappa shape index (κ2) is 2.60. The zero-order valence-electron chi connectivity index (χ0n) is 6.31. The van der Waals surface area contributed by atoms with Crippen LogP contribution in [0.5, 0.6) is 0 Å². The molecule has 3 N–H and O–H groups in total. The summed E-state index contributed by atoms with van der Waals surface area (Å²) >= 11 is 0. The summed E-state index contributed by atoms with van der Waals surface area (Å²) in [6.07, 6.45) is 0. The highest BCUT2D eigenvalue weighted by molar-refractivity contribution is 5.62. The molecule has 0 fully saturated rings. The molecule has 0 spiro atoms. The van der Waals surface area contributed by atoms with E-state index >= 15 is 0 Å². The zero-order chi connectivity index (χ0) is 7.56. The molecule has 1 rings (SSSR count). The van der Waals surface area contributed by atoms with E-state index in [-0.39, 0.29) is 0 Å². The lowest BCUT2D eigenvalue weighted by atomic mass is 10.1. The van der Waals surface area contributed by atoms with Crippen LogP contribution in [0.4, 0.5) is 11.4 Å². The van der Waals surface area contributed by atoms with Crippen molar-refractivity contribution >= 4 is 11.4 Å². The fraction of sp³-hybridized carbons (Fsp3) is 0.250. The van der Waals surface area contributed by atoms with Gasteiger partial charge in [0.25, 0.3) is 0 Å². The Morgan fingerprint density at radius 2 is 2.10 bits per heavy atom. The lowest BCUT2D eigenvalue weighted by Crippen LogP contribution is -1.95. The van der Waals surface area contributed by atoms with Gasteiger partial charge in [-0.3, -0.25) is 0 Å². The molecule has 0 atom stereocenters. The molecule has 10 heavy (non-hydrogen) atoms. The van der Waals surface area contributed by atoms with Crippen LogP contribution in [0.15, 0.2) is 18.2 Å². The van der Waals surface area contributed by atoms with Gasteiger partial charge in [-0.05, 0) is 24.6 Å². The van der Waals surface area contributed by atoms with Gasteiger partial charge in [0.15, 0.2) is 0 Å². The van der Waals surface area contributed by atoms with Gasteiger partial charge >= 0.3 is 0 Å². The van der Waals surface area contributed by atoms with E-state index in [1.807, 2.05) is 32.2 Å². The van der Waals surface area contributed by atoms with E-state index in [1.54, 1.807) is 0 Å². The molecule has 0 radical (unpaired) electrons. The lowest BCUT2D eigenvalue weighted by Gasteiger charge is -2.05. The highest BCUT2D eigenvalue weighted by Crippen LogP contribution is 2.19. The van der Waals surface area contributed by atoms with Gasteiger partial charge in [-0.25, -0.2) is 0 Å². The molecule has 0 aliphatic heterocycles. The van der Waals surface area contributed by atoms with Crippen molar-refractivity contribution < 1.29 is 0 Å². The Kier molecular flexibility index (Phi) is 1.81. The summed E-state index contributed by atoms with van der Waals surface area (Å²) < 4.78 is 0. The van der Waals surface area contributed by atoms with Crippen molar-refractivity contribution in [2.45, 2.75) is 6.92 Å².